The molecule has 3 aromatic carbocycles. The summed E-state index contributed by atoms with van der Waals surface area (Å²) in [5.74, 6) is -0.269. The summed E-state index contributed by atoms with van der Waals surface area (Å²) in [6, 6.07) is 18.2. The van der Waals surface area contributed by atoms with E-state index in [4.69, 9.17) is 32.7 Å². The number of nitrogens with zero attached hydrogens (tertiary/aromatic N) is 2. The van der Waals surface area contributed by atoms with Crippen LogP contribution >= 0.6 is 23.2 Å². The van der Waals surface area contributed by atoms with Gasteiger partial charge in [0.2, 0.25) is 21.8 Å². The molecule has 1 fully saturated rings. The van der Waals surface area contributed by atoms with E-state index in [2.05, 4.69) is 5.32 Å². The minimum absolute atomic E-state index is 0.0000135. The zero-order valence-corrected chi connectivity index (χ0v) is 28.0. The Labute approximate surface area is 275 Å². The van der Waals surface area contributed by atoms with E-state index in [-0.39, 0.29) is 36.4 Å². The van der Waals surface area contributed by atoms with Gasteiger partial charge in [0.25, 0.3) is 0 Å². The molecule has 0 heterocycles. The summed E-state index contributed by atoms with van der Waals surface area (Å²) in [5, 5.41) is 3.83. The molecule has 1 unspecified atom stereocenters. The van der Waals surface area contributed by atoms with Crippen LogP contribution in [0.5, 0.6) is 11.5 Å². The van der Waals surface area contributed by atoms with Crippen molar-refractivity contribution in [2.75, 3.05) is 31.3 Å². The smallest absolute Gasteiger partial charge is 0.244 e. The van der Waals surface area contributed by atoms with E-state index in [1.165, 1.54) is 25.2 Å². The molecule has 0 saturated heterocycles. The average Bonchev–Trinajstić information content (AvgIpc) is 3.03. The van der Waals surface area contributed by atoms with Gasteiger partial charge in [-0.1, -0.05) is 78.9 Å². The van der Waals surface area contributed by atoms with Crippen LogP contribution in [0.15, 0.2) is 66.7 Å². The standard InChI is InChI=1S/C33H39Cl2N3O6S/c1-43-26-15-17-31(44-2)29(20-26)38(45(3,41)42)22-32(39)37(21-24-14-16-27(34)28(35)18-24)30(19-23-10-6-4-7-11-23)33(40)36-25-12-8-5-9-13-25/h4,6-7,10-11,14-18,20,25,30H,5,8-9,12-13,19,21-22H2,1-3H3,(H,36,40). The molecule has 0 spiro atoms. The van der Waals surface area contributed by atoms with Crippen LogP contribution in [0.1, 0.15) is 43.2 Å². The molecule has 242 valence electrons. The molecule has 1 saturated carbocycles. The molecule has 1 atom stereocenters. The summed E-state index contributed by atoms with van der Waals surface area (Å²) < 4.78 is 38.2. The van der Waals surface area contributed by atoms with Gasteiger partial charge in [-0.15, -0.1) is 0 Å². The first-order valence-electron chi connectivity index (χ1n) is 14.8. The first kappa shape index (κ1) is 34.4. The molecule has 12 heteroatoms. The fourth-order valence-electron chi connectivity index (χ4n) is 5.52. The highest BCUT2D eigenvalue weighted by Gasteiger charge is 2.35. The molecule has 0 radical (unpaired) electrons. The van der Waals surface area contributed by atoms with E-state index in [0.29, 0.717) is 21.4 Å². The quantitative estimate of drug-likeness (QED) is 0.243. The number of sulfonamides is 1. The van der Waals surface area contributed by atoms with Gasteiger partial charge in [-0.05, 0) is 48.2 Å². The maximum Gasteiger partial charge on any atom is 0.244 e. The van der Waals surface area contributed by atoms with E-state index < -0.39 is 28.5 Å². The minimum atomic E-state index is -4.01. The van der Waals surface area contributed by atoms with Gasteiger partial charge in [0.15, 0.2) is 0 Å². The molecule has 0 bridgehead atoms. The third-order valence-corrected chi connectivity index (χ3v) is 9.76. The Morgan fingerprint density at radius 3 is 2.24 bits per heavy atom. The second kappa shape index (κ2) is 15.7. The van der Waals surface area contributed by atoms with Crippen LogP contribution in [0.4, 0.5) is 5.69 Å². The van der Waals surface area contributed by atoms with E-state index in [0.717, 1.165) is 48.2 Å². The topological polar surface area (TPSA) is 105 Å². The van der Waals surface area contributed by atoms with Gasteiger partial charge < -0.3 is 19.7 Å². The SMILES string of the molecule is COc1ccc(OC)c(N(CC(=O)N(Cc2ccc(Cl)c(Cl)c2)C(Cc2ccccc2)C(=O)NC2CCCCC2)S(C)(=O)=O)c1. The van der Waals surface area contributed by atoms with Crippen LogP contribution in [0.2, 0.25) is 10.0 Å². The van der Waals surface area contributed by atoms with Crippen molar-refractivity contribution in [2.24, 2.45) is 0 Å². The summed E-state index contributed by atoms with van der Waals surface area (Å²) in [4.78, 5) is 29.9. The molecule has 3 aromatic rings. The van der Waals surface area contributed by atoms with E-state index in [9.17, 15) is 18.0 Å². The van der Waals surface area contributed by atoms with E-state index in [1.54, 1.807) is 30.3 Å². The lowest BCUT2D eigenvalue weighted by atomic mass is 9.94. The number of hydrogen-bond donors (Lipinski definition) is 1. The molecule has 1 N–H and O–H groups in total. The number of rotatable bonds is 13. The number of carbonyl (C=O) groups is 2. The summed E-state index contributed by atoms with van der Waals surface area (Å²) in [6.07, 6.45) is 6.12. The lowest BCUT2D eigenvalue weighted by molar-refractivity contribution is -0.140. The maximum atomic E-state index is 14.4. The van der Waals surface area contributed by atoms with Gasteiger partial charge in [0.05, 0.1) is 36.2 Å². The molecule has 1 aliphatic rings. The summed E-state index contributed by atoms with van der Waals surface area (Å²) in [5.41, 5.74) is 1.61. The predicted molar refractivity (Wildman–Crippen MR) is 178 cm³/mol. The second-order valence-corrected chi connectivity index (χ2v) is 13.8. The average molecular weight is 677 g/mol. The Morgan fingerprint density at radius 2 is 1.62 bits per heavy atom. The lowest BCUT2D eigenvalue weighted by Crippen LogP contribution is -2.55. The molecule has 45 heavy (non-hydrogen) atoms. The summed E-state index contributed by atoms with van der Waals surface area (Å²) in [6.45, 7) is -0.607. The zero-order chi connectivity index (χ0) is 32.6. The van der Waals surface area contributed by atoms with Crippen LogP contribution in [-0.4, -0.2) is 64.2 Å². The van der Waals surface area contributed by atoms with Gasteiger partial charge in [0.1, 0.15) is 24.1 Å². The fourth-order valence-corrected chi connectivity index (χ4v) is 6.68. The molecule has 9 nitrogen and oxygen atoms in total. The Hall–Kier alpha value is -3.47. The van der Waals surface area contributed by atoms with Crippen LogP contribution in [0.25, 0.3) is 0 Å². The first-order valence-corrected chi connectivity index (χ1v) is 17.4. The number of methoxy groups -OCH3 is 2. The molecular weight excluding hydrogens is 637 g/mol. The third kappa shape index (κ3) is 9.28. The Balaban J connectivity index is 1.78. The van der Waals surface area contributed by atoms with Crippen molar-refractivity contribution in [3.8, 4) is 11.5 Å². The predicted octanol–water partition coefficient (Wildman–Crippen LogP) is 5.87. The number of benzene rings is 3. The number of carbonyl (C=O) groups excluding carboxylic acids is 2. The molecule has 1 aliphatic carbocycles. The van der Waals surface area contributed by atoms with Crippen LogP contribution in [0, 0.1) is 0 Å². The maximum absolute atomic E-state index is 14.4. The Kier molecular flexibility index (Phi) is 12.0. The fraction of sp³-hybridized carbons (Fsp3) is 0.394. The lowest BCUT2D eigenvalue weighted by Gasteiger charge is -2.35. The zero-order valence-electron chi connectivity index (χ0n) is 25.7. The minimum Gasteiger partial charge on any atom is -0.497 e. The molecule has 0 aliphatic heterocycles. The van der Waals surface area contributed by atoms with Crippen molar-refractivity contribution in [1.82, 2.24) is 10.2 Å². The van der Waals surface area contributed by atoms with Crippen molar-refractivity contribution in [1.29, 1.82) is 0 Å². The number of nitrogens with one attached hydrogen (secondary N) is 1. The van der Waals surface area contributed by atoms with Crippen LogP contribution < -0.4 is 19.1 Å². The van der Waals surface area contributed by atoms with Crippen molar-refractivity contribution in [2.45, 2.75) is 57.2 Å². The number of hydrogen-bond acceptors (Lipinski definition) is 6. The number of halogens is 2. The highest BCUT2D eigenvalue weighted by molar-refractivity contribution is 7.92. The third-order valence-electron chi connectivity index (χ3n) is 7.89. The van der Waals surface area contributed by atoms with Gasteiger partial charge in [0, 0.05) is 25.1 Å². The van der Waals surface area contributed by atoms with Crippen molar-refractivity contribution >= 4 is 50.7 Å². The van der Waals surface area contributed by atoms with Crippen LogP contribution in [-0.2, 0) is 32.6 Å². The van der Waals surface area contributed by atoms with Crippen molar-refractivity contribution in [3.63, 3.8) is 0 Å². The molecule has 0 aromatic heterocycles. The van der Waals surface area contributed by atoms with Crippen molar-refractivity contribution < 1.29 is 27.5 Å². The number of anilines is 1. The van der Waals surface area contributed by atoms with Gasteiger partial charge in [-0.2, -0.15) is 0 Å². The van der Waals surface area contributed by atoms with Gasteiger partial charge >= 0.3 is 0 Å². The monoisotopic (exact) mass is 675 g/mol. The first-order chi connectivity index (χ1) is 21.5. The molecular formula is C33H39Cl2N3O6S. The number of amides is 2. The second-order valence-electron chi connectivity index (χ2n) is 11.1. The summed E-state index contributed by atoms with van der Waals surface area (Å²) in [7, 11) is -1.14. The number of ether oxygens (including phenoxy) is 2. The van der Waals surface area contributed by atoms with Gasteiger partial charge in [-0.3, -0.25) is 13.9 Å². The van der Waals surface area contributed by atoms with Crippen molar-refractivity contribution in [3.05, 3.63) is 87.9 Å². The normalized spacial score (nSPS) is 14.3. The Morgan fingerprint density at radius 1 is 0.911 bits per heavy atom. The van der Waals surface area contributed by atoms with Crippen LogP contribution in [0.3, 0.4) is 0 Å². The highest BCUT2D eigenvalue weighted by Crippen LogP contribution is 2.34. The Bertz CT molecular complexity index is 1580. The van der Waals surface area contributed by atoms with E-state index in [1.807, 2.05) is 30.3 Å². The largest absolute Gasteiger partial charge is 0.497 e. The molecule has 4 rings (SSSR count). The van der Waals surface area contributed by atoms with E-state index >= 15 is 0 Å². The van der Waals surface area contributed by atoms with Gasteiger partial charge in [-0.25, -0.2) is 8.42 Å². The molecule has 2 amide bonds. The highest BCUT2D eigenvalue weighted by atomic mass is 35.5. The summed E-state index contributed by atoms with van der Waals surface area (Å²) >= 11 is 12.5.